The van der Waals surface area contributed by atoms with Crippen molar-refractivity contribution in [2.75, 3.05) is 14.1 Å². The van der Waals surface area contributed by atoms with Gasteiger partial charge in [-0.1, -0.05) is 71.6 Å². The Labute approximate surface area is 126 Å². The normalized spacial score (nSPS) is 12.5. The van der Waals surface area contributed by atoms with Crippen molar-refractivity contribution in [3.63, 3.8) is 0 Å². The lowest BCUT2D eigenvalue weighted by Crippen LogP contribution is -2.27. The topological polar surface area (TPSA) is 3.24 Å². The molecule has 0 heterocycles. The molecule has 0 saturated carbocycles. The van der Waals surface area contributed by atoms with Crippen molar-refractivity contribution in [1.29, 1.82) is 0 Å². The minimum absolute atomic E-state index is 0. The van der Waals surface area contributed by atoms with E-state index < -0.39 is 0 Å². The molecule has 0 amide bonds. The minimum atomic E-state index is 0. The Morgan fingerprint density at radius 3 is 1.56 bits per heavy atom. The number of nitrogens with zero attached hydrogens (tertiary/aromatic N) is 1. The molecule has 0 saturated heterocycles. The number of unbranched alkanes of at least 4 members (excludes halogenated alkanes) is 7. The Balaban J connectivity index is 0. The van der Waals surface area contributed by atoms with Gasteiger partial charge in [-0.15, -0.1) is 17.0 Å². The molecule has 0 aromatic rings. The quantitative estimate of drug-likeness (QED) is 0.409. The van der Waals surface area contributed by atoms with E-state index in [4.69, 9.17) is 0 Å². The number of hydrogen-bond acceptors (Lipinski definition) is 1. The monoisotopic (exact) mass is 321 g/mol. The van der Waals surface area contributed by atoms with Crippen molar-refractivity contribution in [3.8, 4) is 0 Å². The molecule has 2 heteroatoms. The summed E-state index contributed by atoms with van der Waals surface area (Å²) in [6, 6.07) is 0.827. The van der Waals surface area contributed by atoms with Crippen molar-refractivity contribution in [2.45, 2.75) is 90.5 Å². The van der Waals surface area contributed by atoms with Gasteiger partial charge in [0, 0.05) is 6.04 Å². The van der Waals surface area contributed by atoms with Gasteiger partial charge in [0.25, 0.3) is 0 Å². The molecule has 0 N–H and O–H groups in total. The van der Waals surface area contributed by atoms with Crippen LogP contribution in [0, 0.1) is 0 Å². The molecule has 112 valence electrons. The number of halogens is 1. The summed E-state index contributed by atoms with van der Waals surface area (Å²) in [6.07, 6.45) is 15.5. The Morgan fingerprint density at radius 2 is 1.06 bits per heavy atom. The van der Waals surface area contributed by atoms with Crippen molar-refractivity contribution in [1.82, 2.24) is 4.90 Å². The second kappa shape index (κ2) is 15.5. The highest BCUT2D eigenvalue weighted by Crippen LogP contribution is 2.15. The molecule has 1 atom stereocenters. The summed E-state index contributed by atoms with van der Waals surface area (Å²) in [6.45, 7) is 4.58. The first-order valence-electron chi connectivity index (χ1n) is 7.88. The molecule has 18 heavy (non-hydrogen) atoms. The Hall–Kier alpha value is 0.440. The van der Waals surface area contributed by atoms with E-state index in [-0.39, 0.29) is 17.0 Å². The predicted molar refractivity (Wildman–Crippen MR) is 89.9 cm³/mol. The largest absolute Gasteiger partial charge is 0.306 e. The van der Waals surface area contributed by atoms with Gasteiger partial charge in [0.1, 0.15) is 0 Å². The van der Waals surface area contributed by atoms with Crippen LogP contribution in [0.25, 0.3) is 0 Å². The minimum Gasteiger partial charge on any atom is -0.306 e. The highest BCUT2D eigenvalue weighted by atomic mass is 79.9. The standard InChI is InChI=1S/C16H35N.BrH/c1-5-7-9-10-11-13-15-16(17(3)4)14-12-8-6-2;/h16H,5-15H2,1-4H3;1H. The molecule has 0 aromatic carbocycles. The summed E-state index contributed by atoms with van der Waals surface area (Å²) in [5.41, 5.74) is 0. The van der Waals surface area contributed by atoms with Gasteiger partial charge in [-0.3, -0.25) is 0 Å². The van der Waals surface area contributed by atoms with E-state index in [9.17, 15) is 0 Å². The summed E-state index contributed by atoms with van der Waals surface area (Å²) in [7, 11) is 4.49. The highest BCUT2D eigenvalue weighted by Gasteiger charge is 2.09. The van der Waals surface area contributed by atoms with Crippen LogP contribution in [0.15, 0.2) is 0 Å². The fourth-order valence-electron chi connectivity index (χ4n) is 2.45. The predicted octanol–water partition coefficient (Wildman–Crippen LogP) is 5.83. The van der Waals surface area contributed by atoms with E-state index in [0.717, 1.165) is 6.04 Å². The molecular formula is C16H36BrN. The molecule has 0 spiro atoms. The molecule has 1 nitrogen and oxygen atoms in total. The van der Waals surface area contributed by atoms with Gasteiger partial charge in [-0.05, 0) is 26.9 Å². The molecule has 0 fully saturated rings. The zero-order valence-electron chi connectivity index (χ0n) is 13.2. The number of hydrogen-bond donors (Lipinski definition) is 0. The van der Waals surface area contributed by atoms with Crippen molar-refractivity contribution >= 4 is 17.0 Å². The van der Waals surface area contributed by atoms with E-state index in [1.54, 1.807) is 0 Å². The van der Waals surface area contributed by atoms with Crippen LogP contribution in [-0.2, 0) is 0 Å². The lowest BCUT2D eigenvalue weighted by atomic mass is 10.0. The van der Waals surface area contributed by atoms with Gasteiger partial charge in [0.2, 0.25) is 0 Å². The molecule has 1 unspecified atom stereocenters. The lowest BCUT2D eigenvalue weighted by Gasteiger charge is -2.24. The van der Waals surface area contributed by atoms with E-state index in [0.29, 0.717) is 0 Å². The van der Waals surface area contributed by atoms with Gasteiger partial charge >= 0.3 is 0 Å². The zero-order chi connectivity index (χ0) is 12.9. The third-order valence-electron chi connectivity index (χ3n) is 3.76. The van der Waals surface area contributed by atoms with Crippen LogP contribution in [0.3, 0.4) is 0 Å². The van der Waals surface area contributed by atoms with Gasteiger partial charge in [0.05, 0.1) is 0 Å². The third kappa shape index (κ3) is 12.9. The first kappa shape index (κ1) is 20.8. The molecule has 0 radical (unpaired) electrons. The van der Waals surface area contributed by atoms with Crippen LogP contribution >= 0.6 is 17.0 Å². The molecule has 0 bridgehead atoms. The van der Waals surface area contributed by atoms with Gasteiger partial charge < -0.3 is 4.90 Å². The summed E-state index contributed by atoms with van der Waals surface area (Å²) >= 11 is 0. The van der Waals surface area contributed by atoms with Crippen molar-refractivity contribution in [3.05, 3.63) is 0 Å². The van der Waals surface area contributed by atoms with Crippen LogP contribution in [0.1, 0.15) is 84.5 Å². The summed E-state index contributed by atoms with van der Waals surface area (Å²) in [5, 5.41) is 0. The lowest BCUT2D eigenvalue weighted by molar-refractivity contribution is 0.252. The van der Waals surface area contributed by atoms with Crippen molar-refractivity contribution < 1.29 is 0 Å². The Morgan fingerprint density at radius 1 is 0.667 bits per heavy atom. The maximum absolute atomic E-state index is 2.43. The van der Waals surface area contributed by atoms with E-state index in [2.05, 4.69) is 32.8 Å². The van der Waals surface area contributed by atoms with E-state index >= 15 is 0 Å². The SMILES string of the molecule is Br.CCCCCCCCC(CCCCC)N(C)C. The van der Waals surface area contributed by atoms with Gasteiger partial charge in [-0.25, -0.2) is 0 Å². The average Bonchev–Trinajstić information content (AvgIpc) is 2.31. The van der Waals surface area contributed by atoms with Crippen LogP contribution in [0.4, 0.5) is 0 Å². The molecule has 0 aromatic heterocycles. The average molecular weight is 322 g/mol. The Kier molecular flexibility index (Phi) is 17.9. The molecule has 0 aliphatic carbocycles. The van der Waals surface area contributed by atoms with Gasteiger partial charge in [-0.2, -0.15) is 0 Å². The van der Waals surface area contributed by atoms with Crippen LogP contribution in [-0.4, -0.2) is 25.0 Å². The van der Waals surface area contributed by atoms with E-state index in [1.165, 1.54) is 70.6 Å². The third-order valence-corrected chi connectivity index (χ3v) is 3.76. The van der Waals surface area contributed by atoms with Crippen molar-refractivity contribution in [2.24, 2.45) is 0 Å². The molecule has 0 rings (SSSR count). The Bertz CT molecular complexity index is 148. The summed E-state index contributed by atoms with van der Waals surface area (Å²) < 4.78 is 0. The second-order valence-electron chi connectivity index (χ2n) is 5.67. The van der Waals surface area contributed by atoms with E-state index in [1.807, 2.05) is 0 Å². The second-order valence-corrected chi connectivity index (χ2v) is 5.67. The highest BCUT2D eigenvalue weighted by molar-refractivity contribution is 8.93. The summed E-state index contributed by atoms with van der Waals surface area (Å²) in [4.78, 5) is 2.43. The van der Waals surface area contributed by atoms with Gasteiger partial charge in [0.15, 0.2) is 0 Å². The first-order chi connectivity index (χ1) is 8.22. The smallest absolute Gasteiger partial charge is 0.00891 e. The first-order valence-corrected chi connectivity index (χ1v) is 7.88. The number of rotatable bonds is 12. The molecular weight excluding hydrogens is 286 g/mol. The van der Waals surface area contributed by atoms with Crippen LogP contribution < -0.4 is 0 Å². The fourth-order valence-corrected chi connectivity index (χ4v) is 2.45. The maximum atomic E-state index is 2.43. The summed E-state index contributed by atoms with van der Waals surface area (Å²) in [5.74, 6) is 0. The molecule has 0 aliphatic rings. The zero-order valence-corrected chi connectivity index (χ0v) is 14.9. The molecule has 0 aliphatic heterocycles. The van der Waals surface area contributed by atoms with Crippen LogP contribution in [0.5, 0.6) is 0 Å². The van der Waals surface area contributed by atoms with Crippen LogP contribution in [0.2, 0.25) is 0 Å². The fraction of sp³-hybridized carbons (Fsp3) is 1.00. The maximum Gasteiger partial charge on any atom is 0.00891 e.